The number of amides is 1. The molecular formula is C15H15FN2OS. The van der Waals surface area contributed by atoms with Crippen molar-refractivity contribution in [2.24, 2.45) is 0 Å². The van der Waals surface area contributed by atoms with Crippen molar-refractivity contribution >= 4 is 22.9 Å². The molecule has 1 aromatic carbocycles. The van der Waals surface area contributed by atoms with Gasteiger partial charge < -0.3 is 10.6 Å². The zero-order valence-corrected chi connectivity index (χ0v) is 11.7. The Morgan fingerprint density at radius 1 is 1.40 bits per heavy atom. The lowest BCUT2D eigenvalue weighted by atomic mass is 9.99. The van der Waals surface area contributed by atoms with Crippen molar-refractivity contribution in [2.45, 2.75) is 19.4 Å². The van der Waals surface area contributed by atoms with Crippen LogP contribution >= 0.6 is 11.3 Å². The zero-order valence-electron chi connectivity index (χ0n) is 10.9. The molecule has 0 radical (unpaired) electrons. The fourth-order valence-corrected chi connectivity index (χ4v) is 3.10. The lowest BCUT2D eigenvalue weighted by Crippen LogP contribution is -2.25. The molecule has 20 heavy (non-hydrogen) atoms. The molecule has 2 N–H and O–H groups in total. The summed E-state index contributed by atoms with van der Waals surface area (Å²) in [5.41, 5.74) is 1.98. The number of hydrogen-bond donors (Lipinski definition) is 2. The Morgan fingerprint density at radius 2 is 2.30 bits per heavy atom. The first kappa shape index (κ1) is 13.3. The molecular weight excluding hydrogens is 275 g/mol. The molecule has 0 saturated carbocycles. The summed E-state index contributed by atoms with van der Waals surface area (Å²) >= 11 is 1.53. The molecule has 0 aliphatic carbocycles. The van der Waals surface area contributed by atoms with Gasteiger partial charge in [0.15, 0.2) is 0 Å². The van der Waals surface area contributed by atoms with Crippen LogP contribution in [0.4, 0.5) is 10.1 Å². The van der Waals surface area contributed by atoms with E-state index < -0.39 is 0 Å². The average Bonchev–Trinajstić information content (AvgIpc) is 2.95. The van der Waals surface area contributed by atoms with Crippen LogP contribution in [-0.4, -0.2) is 12.5 Å². The number of halogens is 1. The number of benzene rings is 1. The molecule has 1 aliphatic rings. The third-order valence-electron chi connectivity index (χ3n) is 3.40. The second-order valence-electron chi connectivity index (χ2n) is 4.80. The fraction of sp³-hybridized carbons (Fsp3) is 0.267. The van der Waals surface area contributed by atoms with Gasteiger partial charge in [0.1, 0.15) is 5.82 Å². The van der Waals surface area contributed by atoms with E-state index in [4.69, 9.17) is 0 Å². The van der Waals surface area contributed by atoms with Gasteiger partial charge in [0.25, 0.3) is 0 Å². The summed E-state index contributed by atoms with van der Waals surface area (Å²) in [5.74, 6) is -0.469. The Balaban J connectivity index is 1.76. The molecule has 0 atom stereocenters. The first-order chi connectivity index (χ1) is 9.74. The number of rotatable bonds is 3. The van der Waals surface area contributed by atoms with E-state index in [0.29, 0.717) is 13.0 Å². The summed E-state index contributed by atoms with van der Waals surface area (Å²) in [6.07, 6.45) is 0.950. The van der Waals surface area contributed by atoms with Crippen LogP contribution in [0.3, 0.4) is 0 Å². The van der Waals surface area contributed by atoms with E-state index in [2.05, 4.69) is 10.6 Å². The van der Waals surface area contributed by atoms with Crippen molar-refractivity contribution < 1.29 is 9.18 Å². The van der Waals surface area contributed by atoms with E-state index in [-0.39, 0.29) is 23.8 Å². The van der Waals surface area contributed by atoms with Gasteiger partial charge in [0.05, 0.1) is 12.1 Å². The largest absolute Gasteiger partial charge is 0.323 e. The van der Waals surface area contributed by atoms with Crippen LogP contribution in [0.1, 0.15) is 16.0 Å². The average molecular weight is 290 g/mol. The summed E-state index contributed by atoms with van der Waals surface area (Å²) in [4.78, 5) is 12.9. The lowest BCUT2D eigenvalue weighted by Gasteiger charge is -2.19. The number of anilines is 1. The van der Waals surface area contributed by atoms with Gasteiger partial charge >= 0.3 is 0 Å². The predicted molar refractivity (Wildman–Crippen MR) is 78.5 cm³/mol. The lowest BCUT2D eigenvalue weighted by molar-refractivity contribution is -0.115. The van der Waals surface area contributed by atoms with Crippen molar-refractivity contribution in [3.05, 3.63) is 51.5 Å². The highest BCUT2D eigenvalue weighted by molar-refractivity contribution is 7.10. The van der Waals surface area contributed by atoms with Gasteiger partial charge in [-0.15, -0.1) is 11.3 Å². The highest BCUT2D eigenvalue weighted by Gasteiger charge is 2.17. The Labute approximate surface area is 120 Å². The highest BCUT2D eigenvalue weighted by Crippen LogP contribution is 2.24. The van der Waals surface area contributed by atoms with Gasteiger partial charge in [-0.3, -0.25) is 4.79 Å². The number of hydrogen-bond acceptors (Lipinski definition) is 3. The summed E-state index contributed by atoms with van der Waals surface area (Å²) in [7, 11) is 0. The van der Waals surface area contributed by atoms with Gasteiger partial charge in [-0.1, -0.05) is 12.1 Å². The predicted octanol–water partition coefficient (Wildman–Crippen LogP) is 2.71. The molecule has 1 amide bonds. The summed E-state index contributed by atoms with van der Waals surface area (Å²) in [6.45, 7) is 1.46. The Kier molecular flexibility index (Phi) is 3.80. The van der Waals surface area contributed by atoms with Crippen LogP contribution in [0, 0.1) is 5.82 Å². The minimum absolute atomic E-state index is 0.180. The van der Waals surface area contributed by atoms with E-state index in [1.54, 1.807) is 6.07 Å². The van der Waals surface area contributed by atoms with Gasteiger partial charge in [0, 0.05) is 11.4 Å². The molecule has 3 nitrogen and oxygen atoms in total. The molecule has 0 unspecified atom stereocenters. The maximum Gasteiger partial charge on any atom is 0.229 e. The molecule has 0 spiro atoms. The molecule has 0 fully saturated rings. The number of fused-ring (bicyclic) bond motifs is 1. The maximum absolute atomic E-state index is 14.4. The van der Waals surface area contributed by atoms with E-state index >= 15 is 0 Å². The topological polar surface area (TPSA) is 41.1 Å². The van der Waals surface area contributed by atoms with Crippen LogP contribution in [0.15, 0.2) is 29.6 Å². The molecule has 1 aliphatic heterocycles. The molecule has 1 aromatic heterocycles. The second kappa shape index (κ2) is 5.73. The SMILES string of the molecule is O=C(Cc1cccs1)Nc1ccc2c(c1F)CCNC2. The smallest absolute Gasteiger partial charge is 0.229 e. The molecule has 5 heteroatoms. The Hall–Kier alpha value is -1.72. The number of carbonyl (C=O) groups is 1. The normalized spacial score (nSPS) is 13.8. The molecule has 2 aromatic rings. The van der Waals surface area contributed by atoms with E-state index in [9.17, 15) is 9.18 Å². The third kappa shape index (κ3) is 2.73. The van der Waals surface area contributed by atoms with Crippen molar-refractivity contribution in [3.63, 3.8) is 0 Å². The zero-order chi connectivity index (χ0) is 13.9. The summed E-state index contributed by atoms with van der Waals surface area (Å²) in [6, 6.07) is 7.33. The van der Waals surface area contributed by atoms with Crippen LogP contribution in [0.5, 0.6) is 0 Å². The number of thiophene rings is 1. The van der Waals surface area contributed by atoms with Crippen molar-refractivity contribution in [1.29, 1.82) is 0 Å². The minimum Gasteiger partial charge on any atom is -0.323 e. The Morgan fingerprint density at radius 3 is 3.10 bits per heavy atom. The van der Waals surface area contributed by atoms with Crippen LogP contribution in [0.2, 0.25) is 0 Å². The Bertz CT molecular complexity index is 625. The standard InChI is InChI=1S/C15H15FN2OS/c16-15-12-5-6-17-9-10(12)3-4-13(15)18-14(19)8-11-2-1-7-20-11/h1-4,7,17H,5-6,8-9H2,(H,18,19). The first-order valence-electron chi connectivity index (χ1n) is 6.57. The molecule has 0 saturated heterocycles. The summed E-state index contributed by atoms with van der Waals surface area (Å²) in [5, 5.41) is 7.80. The first-order valence-corrected chi connectivity index (χ1v) is 7.45. The maximum atomic E-state index is 14.4. The third-order valence-corrected chi connectivity index (χ3v) is 4.27. The van der Waals surface area contributed by atoms with Crippen molar-refractivity contribution in [2.75, 3.05) is 11.9 Å². The van der Waals surface area contributed by atoms with Crippen LogP contribution < -0.4 is 10.6 Å². The fourth-order valence-electron chi connectivity index (χ4n) is 2.40. The van der Waals surface area contributed by atoms with Crippen molar-refractivity contribution in [1.82, 2.24) is 5.32 Å². The van der Waals surface area contributed by atoms with Gasteiger partial charge in [-0.25, -0.2) is 4.39 Å². The van der Waals surface area contributed by atoms with Gasteiger partial charge in [0.2, 0.25) is 5.91 Å². The second-order valence-corrected chi connectivity index (χ2v) is 5.83. The molecule has 0 bridgehead atoms. The number of nitrogens with one attached hydrogen (secondary N) is 2. The quantitative estimate of drug-likeness (QED) is 0.912. The molecule has 3 rings (SSSR count). The van der Waals surface area contributed by atoms with E-state index in [1.165, 1.54) is 11.3 Å². The van der Waals surface area contributed by atoms with Gasteiger partial charge in [-0.05, 0) is 41.6 Å². The summed E-state index contributed by atoms with van der Waals surface area (Å²) < 4.78 is 14.4. The number of carbonyl (C=O) groups excluding carboxylic acids is 1. The van der Waals surface area contributed by atoms with E-state index in [0.717, 1.165) is 22.5 Å². The van der Waals surface area contributed by atoms with Gasteiger partial charge in [-0.2, -0.15) is 0 Å². The molecule has 2 heterocycles. The molecule has 104 valence electrons. The monoisotopic (exact) mass is 290 g/mol. The highest BCUT2D eigenvalue weighted by atomic mass is 32.1. The van der Waals surface area contributed by atoms with E-state index in [1.807, 2.05) is 23.6 Å². The minimum atomic E-state index is -0.288. The van der Waals surface area contributed by atoms with Crippen LogP contribution in [-0.2, 0) is 24.2 Å². The van der Waals surface area contributed by atoms with Crippen LogP contribution in [0.25, 0.3) is 0 Å². The van der Waals surface area contributed by atoms with Crippen molar-refractivity contribution in [3.8, 4) is 0 Å².